The van der Waals surface area contributed by atoms with E-state index in [1.165, 1.54) is 44.5 Å². The number of halogens is 1. The van der Waals surface area contributed by atoms with Crippen LogP contribution < -0.4 is 4.74 Å². The van der Waals surface area contributed by atoms with Crippen LogP contribution in [0.15, 0.2) is 34.8 Å². The lowest BCUT2D eigenvalue weighted by Crippen LogP contribution is -2.47. The van der Waals surface area contributed by atoms with Crippen LogP contribution in [0.25, 0.3) is 0 Å². The second kappa shape index (κ2) is 11.9. The van der Waals surface area contributed by atoms with Gasteiger partial charge in [-0.2, -0.15) is 0 Å². The number of nitrogens with zero attached hydrogens (tertiary/aromatic N) is 2. The number of carbonyl (C=O) groups is 2. The lowest BCUT2D eigenvalue weighted by atomic mass is 9.94. The van der Waals surface area contributed by atoms with Crippen molar-refractivity contribution in [3.8, 4) is 5.75 Å². The highest BCUT2D eigenvalue weighted by molar-refractivity contribution is 9.10. The maximum absolute atomic E-state index is 9.10. The SMILES string of the molecule is COc1ccc(Br)cc1CN1CCN(CC2CC=CCC2)CC1.O=C(O)C(=O)O. The fourth-order valence-corrected chi connectivity index (χ4v) is 4.04. The zero-order valence-corrected chi connectivity index (χ0v) is 18.3. The van der Waals surface area contributed by atoms with Crippen LogP contribution in [0.4, 0.5) is 0 Å². The molecule has 0 aromatic heterocycles. The molecule has 1 fully saturated rings. The number of hydrogen-bond donors (Lipinski definition) is 2. The van der Waals surface area contributed by atoms with Gasteiger partial charge in [-0.15, -0.1) is 0 Å². The molecule has 2 N–H and O–H groups in total. The zero-order valence-electron chi connectivity index (χ0n) is 16.7. The van der Waals surface area contributed by atoms with Crippen LogP contribution in [0.3, 0.4) is 0 Å². The molecule has 8 heteroatoms. The first-order valence-corrected chi connectivity index (χ1v) is 10.6. The Kier molecular flexibility index (Phi) is 9.63. The summed E-state index contributed by atoms with van der Waals surface area (Å²) < 4.78 is 6.62. The molecule has 1 aromatic rings. The highest BCUT2D eigenvalue weighted by Gasteiger charge is 2.21. The first-order valence-electron chi connectivity index (χ1n) is 9.77. The second-order valence-electron chi connectivity index (χ2n) is 7.29. The Bertz CT molecular complexity index is 705. The van der Waals surface area contributed by atoms with Gasteiger partial charge in [-0.25, -0.2) is 9.59 Å². The summed E-state index contributed by atoms with van der Waals surface area (Å²) in [5.41, 5.74) is 1.27. The van der Waals surface area contributed by atoms with Gasteiger partial charge in [0.15, 0.2) is 0 Å². The van der Waals surface area contributed by atoms with Crippen molar-refractivity contribution in [1.82, 2.24) is 9.80 Å². The van der Waals surface area contributed by atoms with Gasteiger partial charge in [0.1, 0.15) is 5.75 Å². The van der Waals surface area contributed by atoms with Crippen LogP contribution in [-0.2, 0) is 16.1 Å². The van der Waals surface area contributed by atoms with E-state index in [0.29, 0.717) is 0 Å². The number of methoxy groups -OCH3 is 1. The number of rotatable bonds is 5. The monoisotopic (exact) mass is 468 g/mol. The van der Waals surface area contributed by atoms with Gasteiger partial charge < -0.3 is 19.8 Å². The molecule has 0 bridgehead atoms. The van der Waals surface area contributed by atoms with E-state index >= 15 is 0 Å². The van der Waals surface area contributed by atoms with Crippen LogP contribution in [0, 0.1) is 5.92 Å². The Morgan fingerprint density at radius 2 is 1.76 bits per heavy atom. The predicted octanol–water partition coefficient (Wildman–Crippen LogP) is 3.09. The Balaban J connectivity index is 0.000000438. The molecule has 160 valence electrons. The third-order valence-corrected chi connectivity index (χ3v) is 5.67. The average Bonchev–Trinajstić information content (AvgIpc) is 2.71. The molecule has 1 saturated heterocycles. The Hall–Kier alpha value is -1.90. The van der Waals surface area contributed by atoms with Gasteiger partial charge in [0, 0.05) is 49.3 Å². The predicted molar refractivity (Wildman–Crippen MR) is 114 cm³/mol. The smallest absolute Gasteiger partial charge is 0.414 e. The van der Waals surface area contributed by atoms with Crippen LogP contribution in [0.2, 0.25) is 0 Å². The fraction of sp³-hybridized carbons (Fsp3) is 0.524. The van der Waals surface area contributed by atoms with E-state index in [4.69, 9.17) is 24.5 Å². The lowest BCUT2D eigenvalue weighted by molar-refractivity contribution is -0.159. The number of piperazine rings is 1. The minimum absolute atomic E-state index is 0.872. The molecule has 0 spiro atoms. The number of aliphatic carboxylic acids is 2. The molecule has 29 heavy (non-hydrogen) atoms. The van der Waals surface area contributed by atoms with Crippen LogP contribution >= 0.6 is 15.9 Å². The van der Waals surface area contributed by atoms with E-state index in [1.807, 2.05) is 12.1 Å². The van der Waals surface area contributed by atoms with Gasteiger partial charge in [-0.3, -0.25) is 4.90 Å². The molecule has 1 aliphatic carbocycles. The molecule has 0 saturated carbocycles. The minimum atomic E-state index is -1.82. The Labute approximate surface area is 180 Å². The van der Waals surface area contributed by atoms with E-state index in [9.17, 15) is 0 Å². The molecular formula is C21H29BrN2O5. The zero-order chi connectivity index (χ0) is 21.2. The lowest BCUT2D eigenvalue weighted by Gasteiger charge is -2.37. The number of allylic oxidation sites excluding steroid dienone is 2. The molecule has 3 rings (SSSR count). The third-order valence-electron chi connectivity index (χ3n) is 5.18. The van der Waals surface area contributed by atoms with Crippen molar-refractivity contribution < 1.29 is 24.5 Å². The first kappa shape index (κ1) is 23.4. The van der Waals surface area contributed by atoms with E-state index in [1.54, 1.807) is 7.11 Å². The Morgan fingerprint density at radius 3 is 2.31 bits per heavy atom. The van der Waals surface area contributed by atoms with Crippen molar-refractivity contribution in [2.75, 3.05) is 39.8 Å². The highest BCUT2D eigenvalue weighted by atomic mass is 79.9. The fourth-order valence-electron chi connectivity index (χ4n) is 3.63. The summed E-state index contributed by atoms with van der Waals surface area (Å²) in [5, 5.41) is 14.8. The van der Waals surface area contributed by atoms with Crippen molar-refractivity contribution in [2.24, 2.45) is 5.92 Å². The summed E-state index contributed by atoms with van der Waals surface area (Å²) in [6.07, 6.45) is 8.61. The molecule has 1 heterocycles. The van der Waals surface area contributed by atoms with Gasteiger partial charge in [-0.05, 0) is 43.4 Å². The van der Waals surface area contributed by atoms with E-state index in [-0.39, 0.29) is 0 Å². The van der Waals surface area contributed by atoms with E-state index in [2.05, 4.69) is 43.9 Å². The van der Waals surface area contributed by atoms with Crippen molar-refractivity contribution in [2.45, 2.75) is 25.8 Å². The molecule has 7 nitrogen and oxygen atoms in total. The molecule has 1 aliphatic heterocycles. The summed E-state index contributed by atoms with van der Waals surface area (Å²) in [4.78, 5) is 23.4. The highest BCUT2D eigenvalue weighted by Crippen LogP contribution is 2.25. The van der Waals surface area contributed by atoms with Crippen molar-refractivity contribution in [3.63, 3.8) is 0 Å². The molecule has 2 aliphatic rings. The molecule has 1 unspecified atom stereocenters. The quantitative estimate of drug-likeness (QED) is 0.506. The Morgan fingerprint density at radius 1 is 1.10 bits per heavy atom. The minimum Gasteiger partial charge on any atom is -0.496 e. The molecule has 0 radical (unpaired) electrons. The van der Waals surface area contributed by atoms with Crippen LogP contribution in [-0.4, -0.2) is 71.8 Å². The number of ether oxygens (including phenoxy) is 1. The molecule has 1 aromatic carbocycles. The normalized spacial score (nSPS) is 19.9. The molecule has 1 atom stereocenters. The van der Waals surface area contributed by atoms with Crippen molar-refractivity contribution in [1.29, 1.82) is 0 Å². The summed E-state index contributed by atoms with van der Waals surface area (Å²) in [7, 11) is 1.75. The number of carboxylic acids is 2. The largest absolute Gasteiger partial charge is 0.496 e. The number of carboxylic acid groups (broad SMARTS) is 2. The maximum Gasteiger partial charge on any atom is 0.414 e. The van der Waals surface area contributed by atoms with Gasteiger partial charge in [0.2, 0.25) is 0 Å². The summed E-state index contributed by atoms with van der Waals surface area (Å²) in [5.74, 6) is -1.79. The van der Waals surface area contributed by atoms with Gasteiger partial charge in [-0.1, -0.05) is 28.1 Å². The van der Waals surface area contributed by atoms with E-state index < -0.39 is 11.9 Å². The third kappa shape index (κ3) is 8.16. The molecular weight excluding hydrogens is 440 g/mol. The second-order valence-corrected chi connectivity index (χ2v) is 8.21. The summed E-state index contributed by atoms with van der Waals surface area (Å²) >= 11 is 3.57. The van der Waals surface area contributed by atoms with Crippen LogP contribution in [0.5, 0.6) is 5.75 Å². The number of benzene rings is 1. The van der Waals surface area contributed by atoms with Gasteiger partial charge >= 0.3 is 11.9 Å². The average molecular weight is 469 g/mol. The van der Waals surface area contributed by atoms with Gasteiger partial charge in [0.25, 0.3) is 0 Å². The van der Waals surface area contributed by atoms with Crippen LogP contribution in [0.1, 0.15) is 24.8 Å². The topological polar surface area (TPSA) is 90.3 Å². The maximum atomic E-state index is 9.10. The standard InChI is InChI=1S/C19H27BrN2O.C2H2O4/c1-23-19-8-7-18(20)13-17(19)15-22-11-9-21(10-12-22)14-16-5-3-2-4-6-16;3-1(4)2(5)6/h2-3,7-8,13,16H,4-6,9-12,14-15H2,1H3;(H,3,4)(H,5,6). The first-order chi connectivity index (χ1) is 13.9. The summed E-state index contributed by atoms with van der Waals surface area (Å²) in [6.45, 7) is 6.94. The van der Waals surface area contributed by atoms with Gasteiger partial charge in [0.05, 0.1) is 7.11 Å². The number of hydrogen-bond acceptors (Lipinski definition) is 5. The summed E-state index contributed by atoms with van der Waals surface area (Å²) in [6, 6.07) is 6.27. The van der Waals surface area contributed by atoms with Crippen molar-refractivity contribution in [3.05, 3.63) is 40.4 Å². The van der Waals surface area contributed by atoms with Crippen molar-refractivity contribution >= 4 is 27.9 Å². The van der Waals surface area contributed by atoms with E-state index in [0.717, 1.165) is 35.8 Å². The molecule has 0 amide bonds.